The molecule has 42 heavy (non-hydrogen) atoms. The van der Waals surface area contributed by atoms with E-state index < -0.39 is 0 Å². The number of rotatable bonds is 19. The zero-order chi connectivity index (χ0) is 30.6. The van der Waals surface area contributed by atoms with Crippen LogP contribution in [-0.4, -0.2) is 51.4 Å². The smallest absolute Gasteiger partial charge is 0.161 e. The number of nitrogen functional groups attached to an aromatic ring is 2. The van der Waals surface area contributed by atoms with E-state index in [0.29, 0.717) is 49.1 Å². The lowest BCUT2D eigenvalue weighted by Crippen LogP contribution is -2.12. The van der Waals surface area contributed by atoms with Crippen molar-refractivity contribution in [3.05, 3.63) is 83.4 Å². The Balaban J connectivity index is 0.00000301. The molecule has 0 aliphatic carbocycles. The Morgan fingerprint density at radius 3 is 1.48 bits per heavy atom. The molecule has 0 bridgehead atoms. The van der Waals surface area contributed by atoms with Crippen LogP contribution in [0.25, 0.3) is 0 Å². The molecule has 0 aromatic heterocycles. The fraction of sp³-hybridized carbons (Fsp3) is 0.344. The third kappa shape index (κ3) is 12.3. The van der Waals surface area contributed by atoms with Gasteiger partial charge in [0.1, 0.15) is 23.2 Å². The van der Waals surface area contributed by atoms with Crippen LogP contribution in [-0.2, 0) is 0 Å². The summed E-state index contributed by atoms with van der Waals surface area (Å²) in [5, 5.41) is 22.4. The zero-order valence-corrected chi connectivity index (χ0v) is 24.4. The van der Waals surface area contributed by atoms with Crippen LogP contribution < -0.4 is 36.1 Å². The number of unbranched alkanes of at least 4 members (excludes halogenated alkanes) is 4. The van der Waals surface area contributed by atoms with Gasteiger partial charge in [-0.05, 0) is 118 Å². The number of hydrogen-bond donors (Lipinski definition) is 6. The number of nitrogens with two attached hydrogens (primary N) is 3. The maximum atomic E-state index is 7.74. The third-order valence-corrected chi connectivity index (χ3v) is 6.10. The van der Waals surface area contributed by atoms with Gasteiger partial charge in [0.05, 0.1) is 26.4 Å². The fourth-order valence-corrected chi connectivity index (χ4v) is 3.80. The maximum Gasteiger partial charge on any atom is 0.161 e. The predicted molar refractivity (Wildman–Crippen MR) is 169 cm³/mol. The number of amidine groups is 2. The average molecular weight is 577 g/mol. The van der Waals surface area contributed by atoms with Crippen LogP contribution in [0.1, 0.15) is 55.2 Å². The number of benzene rings is 3. The molecule has 226 valence electrons. The molecule has 0 aliphatic rings. The summed E-state index contributed by atoms with van der Waals surface area (Å²) in [4.78, 5) is 0. The molecule has 0 aliphatic heterocycles. The highest BCUT2D eigenvalue weighted by Crippen LogP contribution is 2.29. The first kappa shape index (κ1) is 33.6. The number of nitrogens with one attached hydrogen (secondary N) is 3. The van der Waals surface area contributed by atoms with Crippen molar-refractivity contribution >= 4 is 17.9 Å². The lowest BCUT2D eigenvalue weighted by Gasteiger charge is -2.14. The summed E-state index contributed by atoms with van der Waals surface area (Å²) in [6, 6.07) is 20.0. The first-order valence-corrected chi connectivity index (χ1v) is 14.1. The van der Waals surface area contributed by atoms with Gasteiger partial charge in [0.2, 0.25) is 0 Å². The minimum atomic E-state index is -0.0163. The standard InChI is InChI=1S/C31H39N5O4.CH5N/c32-22-23-7-12-26(13-8-23)37-17-3-1-5-19-39-28-16-11-25(31(35)36)21-29(28)40-20-6-2-4-18-38-27-14-9-24(10-15-27)30(33)34;1-2/h7-16,21-22,32H,1-6,17-20H2,(H3,33,34)(H3,35,36);2H2,1H3. The Morgan fingerprint density at radius 2 is 1.00 bits per heavy atom. The first-order chi connectivity index (χ1) is 20.5. The highest BCUT2D eigenvalue weighted by atomic mass is 16.5. The summed E-state index contributed by atoms with van der Waals surface area (Å²) >= 11 is 0. The minimum absolute atomic E-state index is 0.0163. The van der Waals surface area contributed by atoms with Gasteiger partial charge in [-0.3, -0.25) is 10.8 Å². The Hall–Kier alpha value is -4.57. The van der Waals surface area contributed by atoms with Gasteiger partial charge in [0.15, 0.2) is 11.5 Å². The van der Waals surface area contributed by atoms with E-state index in [1.165, 1.54) is 13.3 Å². The lowest BCUT2D eigenvalue weighted by atomic mass is 10.2. The molecule has 0 heterocycles. The summed E-state index contributed by atoms with van der Waals surface area (Å²) in [6.45, 7) is 2.29. The van der Waals surface area contributed by atoms with Crippen molar-refractivity contribution in [2.75, 3.05) is 33.5 Å². The van der Waals surface area contributed by atoms with E-state index in [-0.39, 0.29) is 11.7 Å². The summed E-state index contributed by atoms with van der Waals surface area (Å²) in [7, 11) is 1.50. The Bertz CT molecular complexity index is 1230. The molecule has 3 aromatic rings. The average Bonchev–Trinajstić information content (AvgIpc) is 3.02. The van der Waals surface area contributed by atoms with E-state index in [1.807, 2.05) is 36.4 Å². The van der Waals surface area contributed by atoms with E-state index in [1.54, 1.807) is 30.3 Å². The van der Waals surface area contributed by atoms with Crippen LogP contribution in [0.4, 0.5) is 0 Å². The predicted octanol–water partition coefficient (Wildman–Crippen LogP) is 5.08. The molecular formula is C32H44N6O4. The second kappa shape index (κ2) is 19.5. The van der Waals surface area contributed by atoms with Crippen LogP contribution in [0.5, 0.6) is 23.0 Å². The normalized spacial score (nSPS) is 10.1. The monoisotopic (exact) mass is 576 g/mol. The molecule has 10 nitrogen and oxygen atoms in total. The molecular weight excluding hydrogens is 532 g/mol. The van der Waals surface area contributed by atoms with Gasteiger partial charge < -0.3 is 41.6 Å². The van der Waals surface area contributed by atoms with Gasteiger partial charge in [-0.25, -0.2) is 0 Å². The zero-order valence-electron chi connectivity index (χ0n) is 24.4. The van der Waals surface area contributed by atoms with Crippen molar-refractivity contribution in [1.29, 1.82) is 16.2 Å². The largest absolute Gasteiger partial charge is 0.494 e. The second-order valence-electron chi connectivity index (χ2n) is 9.24. The van der Waals surface area contributed by atoms with E-state index in [9.17, 15) is 0 Å². The summed E-state index contributed by atoms with van der Waals surface area (Å²) in [5.41, 5.74) is 17.8. The van der Waals surface area contributed by atoms with Crippen LogP contribution in [0.3, 0.4) is 0 Å². The van der Waals surface area contributed by atoms with Gasteiger partial charge in [-0.2, -0.15) is 0 Å². The van der Waals surface area contributed by atoms with Crippen molar-refractivity contribution < 1.29 is 18.9 Å². The minimum Gasteiger partial charge on any atom is -0.494 e. The highest BCUT2D eigenvalue weighted by Gasteiger charge is 2.09. The molecule has 3 rings (SSSR count). The van der Waals surface area contributed by atoms with E-state index in [2.05, 4.69) is 5.73 Å². The molecule has 0 spiro atoms. The van der Waals surface area contributed by atoms with Crippen molar-refractivity contribution in [1.82, 2.24) is 0 Å². The molecule has 0 saturated carbocycles. The molecule has 0 fully saturated rings. The molecule has 0 saturated heterocycles. The summed E-state index contributed by atoms with van der Waals surface area (Å²) < 4.78 is 23.5. The van der Waals surface area contributed by atoms with Crippen LogP contribution in [0.15, 0.2) is 66.7 Å². The van der Waals surface area contributed by atoms with E-state index in [4.69, 9.17) is 46.6 Å². The molecule has 0 amide bonds. The lowest BCUT2D eigenvalue weighted by molar-refractivity contribution is 0.249. The van der Waals surface area contributed by atoms with E-state index in [0.717, 1.165) is 55.6 Å². The second-order valence-corrected chi connectivity index (χ2v) is 9.24. The first-order valence-electron chi connectivity index (χ1n) is 14.1. The number of ether oxygens (including phenoxy) is 4. The van der Waals surface area contributed by atoms with E-state index >= 15 is 0 Å². The van der Waals surface area contributed by atoms with Crippen LogP contribution >= 0.6 is 0 Å². The van der Waals surface area contributed by atoms with Crippen LogP contribution in [0, 0.1) is 16.2 Å². The van der Waals surface area contributed by atoms with Gasteiger partial charge in [-0.15, -0.1) is 0 Å². The molecule has 0 unspecified atom stereocenters. The molecule has 0 radical (unpaired) electrons. The molecule has 9 N–H and O–H groups in total. The molecule has 3 aromatic carbocycles. The quantitative estimate of drug-likeness (QED) is 0.0652. The maximum absolute atomic E-state index is 7.74. The van der Waals surface area contributed by atoms with Gasteiger partial charge >= 0.3 is 0 Å². The number of hydrogen-bond acceptors (Lipinski definition) is 8. The van der Waals surface area contributed by atoms with Crippen molar-refractivity contribution in [2.24, 2.45) is 17.2 Å². The van der Waals surface area contributed by atoms with Crippen LogP contribution in [0.2, 0.25) is 0 Å². The topological polar surface area (TPSA) is 187 Å². The van der Waals surface area contributed by atoms with Gasteiger partial charge in [0, 0.05) is 17.3 Å². The Kier molecular flexibility index (Phi) is 15.6. The SMILES string of the molecule is CN.N=Cc1ccc(OCCCCCOc2ccc(C(=N)N)cc2OCCCCCOc2ccc(C(=N)N)cc2)cc1. The Labute approximate surface area is 248 Å². The van der Waals surface area contributed by atoms with Crippen molar-refractivity contribution in [2.45, 2.75) is 38.5 Å². The van der Waals surface area contributed by atoms with Gasteiger partial charge in [-0.1, -0.05) is 0 Å². The highest BCUT2D eigenvalue weighted by molar-refractivity contribution is 5.95. The van der Waals surface area contributed by atoms with Gasteiger partial charge in [0.25, 0.3) is 0 Å². The Morgan fingerprint density at radius 1 is 0.571 bits per heavy atom. The summed E-state index contributed by atoms with van der Waals surface area (Å²) in [6.07, 6.45) is 6.73. The fourth-order valence-electron chi connectivity index (χ4n) is 3.80. The van der Waals surface area contributed by atoms with Crippen molar-refractivity contribution in [3.63, 3.8) is 0 Å². The third-order valence-electron chi connectivity index (χ3n) is 6.10. The van der Waals surface area contributed by atoms with Crippen molar-refractivity contribution in [3.8, 4) is 23.0 Å². The molecule has 10 heteroatoms. The summed E-state index contributed by atoms with van der Waals surface area (Å²) in [5.74, 6) is 2.82. The molecule has 0 atom stereocenters.